The van der Waals surface area contributed by atoms with Gasteiger partial charge in [0.1, 0.15) is 0 Å². The predicted molar refractivity (Wildman–Crippen MR) is 75.6 cm³/mol. The van der Waals surface area contributed by atoms with Crippen molar-refractivity contribution in [2.75, 3.05) is 0 Å². The van der Waals surface area contributed by atoms with Gasteiger partial charge in [0.15, 0.2) is 0 Å². The van der Waals surface area contributed by atoms with Crippen molar-refractivity contribution in [3.63, 3.8) is 0 Å². The van der Waals surface area contributed by atoms with Crippen molar-refractivity contribution in [1.82, 2.24) is 0 Å². The third-order valence-electron chi connectivity index (χ3n) is 4.96. The maximum atomic E-state index is 14.2. The first-order valence-electron chi connectivity index (χ1n) is 7.98. The molecule has 0 amide bonds. The van der Waals surface area contributed by atoms with Crippen LogP contribution >= 0.6 is 0 Å². The molecule has 0 rings (SSSR count). The summed E-state index contributed by atoms with van der Waals surface area (Å²) in [6.45, 7) is 0.399. The van der Waals surface area contributed by atoms with Gasteiger partial charge in [0.2, 0.25) is 16.7 Å². The number of hydrogen-bond acceptors (Lipinski definition) is 1. The molecule has 0 aromatic rings. The fourth-order valence-electron chi connectivity index (χ4n) is 2.14. The summed E-state index contributed by atoms with van der Waals surface area (Å²) >= 11 is 0. The van der Waals surface area contributed by atoms with Crippen LogP contribution in [0.3, 0.4) is 0 Å². The predicted octanol–water partition coefficient (Wildman–Crippen LogP) is 6.55. The van der Waals surface area contributed by atoms with Crippen molar-refractivity contribution in [3.05, 3.63) is 0 Å². The first-order valence-corrected chi connectivity index (χ1v) is 8.39. The average Bonchev–Trinajstić information content (AvgIpc) is 2.64. The van der Waals surface area contributed by atoms with Crippen LogP contribution in [-0.2, 0) is 4.43 Å². The Hall–Kier alpha value is -1.01. The third-order valence-corrected chi connectivity index (χ3v) is 5.31. The van der Waals surface area contributed by atoms with Gasteiger partial charge in [-0.25, -0.2) is 13.2 Å². The van der Waals surface area contributed by atoms with Crippen LogP contribution < -0.4 is 0 Å². The van der Waals surface area contributed by atoms with Gasteiger partial charge in [0.05, 0.1) is 11.5 Å². The smallest absolute Gasteiger partial charge is 0.384 e. The van der Waals surface area contributed by atoms with E-state index in [9.17, 15) is 74.6 Å². The topological polar surface area (TPSA) is 9.23 Å². The van der Waals surface area contributed by atoms with Crippen LogP contribution in [-0.4, -0.2) is 70.6 Å². The van der Waals surface area contributed by atoms with Gasteiger partial charge in [0, 0.05) is 0 Å². The van der Waals surface area contributed by atoms with Crippen molar-refractivity contribution < 1.29 is 79.1 Å². The van der Waals surface area contributed by atoms with Crippen LogP contribution in [0, 0.1) is 5.41 Å². The zero-order chi connectivity index (χ0) is 27.4. The van der Waals surface area contributed by atoms with Crippen molar-refractivity contribution in [2.24, 2.45) is 5.41 Å². The second kappa shape index (κ2) is 8.58. The van der Waals surface area contributed by atoms with Gasteiger partial charge in [-0.15, -0.1) is 0 Å². The molecular formula is C14H12F17OSi. The number of rotatable bonds is 11. The van der Waals surface area contributed by atoms with E-state index in [0.29, 0.717) is 6.92 Å². The Morgan fingerprint density at radius 1 is 0.545 bits per heavy atom. The van der Waals surface area contributed by atoms with E-state index < -0.39 is 65.6 Å². The molecule has 0 bridgehead atoms. The quantitative estimate of drug-likeness (QED) is 0.211. The van der Waals surface area contributed by atoms with Gasteiger partial charge in [0.25, 0.3) is 6.43 Å². The van der Waals surface area contributed by atoms with Gasteiger partial charge in [-0.2, -0.15) is 61.5 Å². The fraction of sp³-hybridized carbons (Fsp3) is 1.00. The molecule has 0 saturated heterocycles. The van der Waals surface area contributed by atoms with Crippen molar-refractivity contribution >= 4 is 10.5 Å². The maximum absolute atomic E-state index is 14.2. The van der Waals surface area contributed by atoms with Crippen LogP contribution in [0.2, 0.25) is 0 Å². The minimum Gasteiger partial charge on any atom is -0.415 e. The monoisotopic (exact) mass is 547 g/mol. The van der Waals surface area contributed by atoms with Gasteiger partial charge < -0.3 is 4.43 Å². The van der Waals surface area contributed by atoms with E-state index in [1.54, 1.807) is 0 Å². The molecule has 0 aliphatic rings. The summed E-state index contributed by atoms with van der Waals surface area (Å²) in [5.74, 6) is -55.2. The normalized spacial score (nSPS) is 18.0. The molecule has 0 N–H and O–H groups in total. The van der Waals surface area contributed by atoms with E-state index in [2.05, 4.69) is 4.43 Å². The van der Waals surface area contributed by atoms with Crippen LogP contribution in [0.25, 0.3) is 0 Å². The Kier molecular flexibility index (Phi) is 8.32. The minimum absolute atomic E-state index is 0.0306. The highest BCUT2D eigenvalue weighted by atomic mass is 28.2. The number of halogens is 17. The lowest BCUT2D eigenvalue weighted by molar-refractivity contribution is -0.452. The van der Waals surface area contributed by atoms with Crippen LogP contribution in [0.1, 0.15) is 20.8 Å². The molecule has 0 spiro atoms. The van der Waals surface area contributed by atoms with Crippen molar-refractivity contribution in [3.8, 4) is 0 Å². The second-order valence-electron chi connectivity index (χ2n) is 7.29. The second-order valence-corrected chi connectivity index (χ2v) is 7.52. The molecular weight excluding hydrogens is 535 g/mol. The van der Waals surface area contributed by atoms with E-state index in [0.717, 1.165) is 0 Å². The Balaban J connectivity index is 6.89. The largest absolute Gasteiger partial charge is 0.415 e. The third kappa shape index (κ3) is 4.07. The maximum Gasteiger partial charge on any atom is 0.384 e. The molecule has 1 nitrogen and oxygen atoms in total. The van der Waals surface area contributed by atoms with Crippen LogP contribution in [0.4, 0.5) is 74.6 Å². The summed E-state index contributed by atoms with van der Waals surface area (Å²) < 4.78 is 232. The summed E-state index contributed by atoms with van der Waals surface area (Å²) in [5.41, 5.74) is -3.67. The highest BCUT2D eigenvalue weighted by molar-refractivity contribution is 5.98. The van der Waals surface area contributed by atoms with E-state index >= 15 is 0 Å². The molecule has 0 heterocycles. The molecule has 2 atom stereocenters. The van der Waals surface area contributed by atoms with Crippen molar-refractivity contribution in [2.45, 2.75) is 80.9 Å². The highest BCUT2D eigenvalue weighted by Gasteiger charge is 2.94. The molecule has 0 saturated carbocycles. The lowest BCUT2D eigenvalue weighted by Gasteiger charge is -2.47. The molecule has 3 radical (unpaired) electrons. The molecule has 0 aliphatic heterocycles. The molecule has 0 fully saturated rings. The van der Waals surface area contributed by atoms with E-state index in [-0.39, 0.29) is 13.8 Å². The minimum atomic E-state index is -8.49. The highest BCUT2D eigenvalue weighted by Crippen LogP contribution is 2.65. The van der Waals surface area contributed by atoms with Gasteiger partial charge in [-0.1, -0.05) is 13.8 Å². The molecule has 197 valence electrons. The number of hydrogen-bond donors (Lipinski definition) is 0. The Bertz CT molecular complexity index is 689. The molecule has 0 aliphatic carbocycles. The summed E-state index contributed by atoms with van der Waals surface area (Å²) in [4.78, 5) is 0. The average molecular weight is 547 g/mol. The lowest BCUT2D eigenvalue weighted by Crippen LogP contribution is -2.75. The fourth-order valence-corrected chi connectivity index (χ4v) is 2.43. The molecule has 33 heavy (non-hydrogen) atoms. The first-order chi connectivity index (χ1) is 14.1. The summed E-state index contributed by atoms with van der Waals surface area (Å²) in [6.07, 6.45) is -13.3. The zero-order valence-electron chi connectivity index (χ0n) is 16.1. The molecule has 0 aromatic carbocycles. The SMILES string of the molecule is CC(O[Si])C(C)(C)C(F)(F)C(F)(F)C(F)(F)C(F)(F)C(F)(F)C(F)(F)C(F)(F)C(F)C(F)F. The van der Waals surface area contributed by atoms with E-state index in [1.165, 1.54) is 0 Å². The van der Waals surface area contributed by atoms with E-state index in [4.69, 9.17) is 0 Å². The van der Waals surface area contributed by atoms with Gasteiger partial charge in [-0.3, -0.25) is 0 Å². The zero-order valence-corrected chi connectivity index (χ0v) is 17.1. The van der Waals surface area contributed by atoms with Gasteiger partial charge >= 0.3 is 41.5 Å². The van der Waals surface area contributed by atoms with Crippen molar-refractivity contribution in [1.29, 1.82) is 0 Å². The van der Waals surface area contributed by atoms with Gasteiger partial charge in [-0.05, 0) is 6.92 Å². The Labute approximate surface area is 177 Å². The molecule has 0 aromatic heterocycles. The number of alkyl halides is 17. The van der Waals surface area contributed by atoms with Crippen LogP contribution in [0.15, 0.2) is 0 Å². The Morgan fingerprint density at radius 3 is 1.09 bits per heavy atom. The lowest BCUT2D eigenvalue weighted by atomic mass is 9.74. The molecule has 2 unspecified atom stereocenters. The standard InChI is InChI=1S/C14H12F17OSi/c1-4(32-33)7(2,3)9(20,21)11(24,25)13(28,29)14(30,31)12(26,27)10(22,23)8(18,19)5(15)6(16)17/h4-6H,1-3H3. The van der Waals surface area contributed by atoms with Crippen LogP contribution in [0.5, 0.6) is 0 Å². The van der Waals surface area contributed by atoms with E-state index in [1.807, 2.05) is 10.5 Å². The Morgan fingerprint density at radius 2 is 0.818 bits per heavy atom. The summed E-state index contributed by atoms with van der Waals surface area (Å²) in [7, 11) is 2.05. The molecule has 19 heteroatoms. The summed E-state index contributed by atoms with van der Waals surface area (Å²) in [5, 5.41) is 0. The summed E-state index contributed by atoms with van der Waals surface area (Å²) in [6, 6.07) is 0. The first kappa shape index (κ1) is 32.0.